The maximum absolute atomic E-state index is 8.46. The largest absolute Gasteiger partial charge is 0.0629 e. The molecule has 20 heavy (non-hydrogen) atoms. The summed E-state index contributed by atoms with van der Waals surface area (Å²) in [4.78, 5) is 0. The predicted molar refractivity (Wildman–Crippen MR) is 87.5 cm³/mol. The van der Waals surface area contributed by atoms with Crippen LogP contribution in [0.2, 0.25) is 0 Å². The lowest BCUT2D eigenvalue weighted by atomic mass is 10.00. The molecule has 0 spiro atoms. The second kappa shape index (κ2) is 2.78. The molecule has 6 aromatic rings. The summed E-state index contributed by atoms with van der Waals surface area (Å²) in [5, 5.41) is 1.99. The van der Waals surface area contributed by atoms with E-state index in [1.54, 1.807) is 0 Å². The van der Waals surface area contributed by atoms with Crippen molar-refractivity contribution in [2.75, 3.05) is 0 Å². The topological polar surface area (TPSA) is 0 Å². The van der Waals surface area contributed by atoms with Gasteiger partial charge in [0.1, 0.15) is 0 Å². The Balaban J connectivity index is 2.27. The number of benzene rings is 5. The van der Waals surface area contributed by atoms with Gasteiger partial charge in [-0.15, -0.1) is 0 Å². The van der Waals surface area contributed by atoms with Crippen LogP contribution in [-0.2, 0) is 0 Å². The van der Waals surface area contributed by atoms with E-state index in [2.05, 4.69) is 0 Å². The van der Waals surface area contributed by atoms with Crippen molar-refractivity contribution in [2.24, 2.45) is 0 Å². The standard InChI is InChI=1S/C20H10/c1-2-12-5-6-14-9-10-15-8-7-13-4-3-11(1)16-17(12)19(14)20(15)18(13)16/h1-10H/i1D,2D,3D,4D,5D,6D,7D,8D,9D,10D. The number of hydrogen-bond donors (Lipinski definition) is 0. The second-order valence-electron chi connectivity index (χ2n) is 5.00. The van der Waals surface area contributed by atoms with E-state index in [0.717, 1.165) is 0 Å². The Morgan fingerprint density at radius 1 is 0.350 bits per heavy atom. The van der Waals surface area contributed by atoms with E-state index in [1.165, 1.54) is 0 Å². The number of rotatable bonds is 0. The van der Waals surface area contributed by atoms with E-state index in [4.69, 9.17) is 13.7 Å². The summed E-state index contributed by atoms with van der Waals surface area (Å²) in [6, 6.07) is -3.29. The van der Waals surface area contributed by atoms with Gasteiger partial charge >= 0.3 is 0 Å². The van der Waals surface area contributed by atoms with Crippen molar-refractivity contribution in [2.45, 2.75) is 0 Å². The molecule has 0 aliphatic heterocycles. The first-order valence-electron chi connectivity index (χ1n) is 11.2. The zero-order chi connectivity index (χ0) is 21.5. The molecule has 90 valence electrons. The molecule has 0 radical (unpaired) electrons. The highest BCUT2D eigenvalue weighted by molar-refractivity contribution is 6.44. The SMILES string of the molecule is [2H]c1c([2H])c2c([2H])c([2H])c3c([2H])c([2H])c4c([2H])c([2H])c5c([2H])c([2H])c1c1c2c3c4c51. The van der Waals surface area contributed by atoms with E-state index < -0.39 is 0 Å². The van der Waals surface area contributed by atoms with Crippen molar-refractivity contribution in [3.05, 3.63) is 60.4 Å². The highest BCUT2D eigenvalue weighted by atomic mass is 14.2. The average Bonchev–Trinajstić information content (AvgIpc) is 3.02. The molecule has 0 aromatic heterocycles. The molecule has 0 atom stereocenters. The highest BCUT2D eigenvalue weighted by Crippen LogP contribution is 2.47. The van der Waals surface area contributed by atoms with Crippen molar-refractivity contribution < 1.29 is 13.7 Å². The summed E-state index contributed by atoms with van der Waals surface area (Å²) >= 11 is 0. The van der Waals surface area contributed by atoms with Gasteiger partial charge in [0, 0.05) is 0 Å². The summed E-state index contributed by atoms with van der Waals surface area (Å²) < 4.78 is 84.6. The third-order valence-corrected chi connectivity index (χ3v) is 4.06. The van der Waals surface area contributed by atoms with Crippen LogP contribution in [-0.4, -0.2) is 0 Å². The molecular formula is C20H10. The lowest BCUT2D eigenvalue weighted by Gasteiger charge is -2.03. The summed E-state index contributed by atoms with van der Waals surface area (Å²) in [6.07, 6.45) is 0. The van der Waals surface area contributed by atoms with Crippen LogP contribution in [0, 0.1) is 0 Å². The molecule has 6 aromatic carbocycles. The summed E-state index contributed by atoms with van der Waals surface area (Å²) in [5.41, 5.74) is 0. The van der Waals surface area contributed by atoms with Crippen LogP contribution >= 0.6 is 0 Å². The monoisotopic (exact) mass is 260 g/mol. The van der Waals surface area contributed by atoms with Crippen LogP contribution in [0.15, 0.2) is 60.4 Å². The smallest absolute Gasteiger partial charge is 0.0537 e. The lowest BCUT2D eigenvalue weighted by molar-refractivity contribution is 1.88. The van der Waals surface area contributed by atoms with Crippen LogP contribution < -0.4 is 0 Å². The average molecular weight is 260 g/mol. The van der Waals surface area contributed by atoms with E-state index in [9.17, 15) is 0 Å². The Bertz CT molecular complexity index is 1330. The van der Waals surface area contributed by atoms with Crippen LogP contribution in [0.4, 0.5) is 0 Å². The Kier molecular flexibility index (Phi) is 0.620. The second-order valence-corrected chi connectivity index (χ2v) is 5.00. The minimum Gasteiger partial charge on any atom is -0.0537 e. The molecule has 0 unspecified atom stereocenters. The van der Waals surface area contributed by atoms with E-state index >= 15 is 0 Å². The van der Waals surface area contributed by atoms with Crippen LogP contribution in [0.5, 0.6) is 0 Å². The predicted octanol–water partition coefficient (Wildman–Crippen LogP) is 5.77. The molecule has 0 saturated heterocycles. The Labute approximate surface area is 129 Å². The summed E-state index contributed by atoms with van der Waals surface area (Å²) in [7, 11) is 0. The van der Waals surface area contributed by atoms with Crippen molar-refractivity contribution in [1.29, 1.82) is 0 Å². The number of hydrogen-bond acceptors (Lipinski definition) is 0. The molecule has 6 rings (SSSR count). The molecule has 0 heteroatoms. The van der Waals surface area contributed by atoms with Crippen LogP contribution in [0.25, 0.3) is 53.9 Å². The Hall–Kier alpha value is -2.60. The molecule has 0 aliphatic carbocycles. The normalized spacial score (nSPS) is 20.0. The van der Waals surface area contributed by atoms with Crippen molar-refractivity contribution in [1.82, 2.24) is 0 Å². The lowest BCUT2D eigenvalue weighted by Crippen LogP contribution is -1.76. The van der Waals surface area contributed by atoms with E-state index in [0.29, 0.717) is 26.9 Å². The maximum Gasteiger partial charge on any atom is 0.0629 e. The maximum atomic E-state index is 8.46. The van der Waals surface area contributed by atoms with E-state index in [-0.39, 0.29) is 87.4 Å². The van der Waals surface area contributed by atoms with Crippen molar-refractivity contribution in [3.63, 3.8) is 0 Å². The molecule has 0 nitrogen and oxygen atoms in total. The van der Waals surface area contributed by atoms with Gasteiger partial charge in [-0.05, 0) is 53.9 Å². The third-order valence-electron chi connectivity index (χ3n) is 4.06. The van der Waals surface area contributed by atoms with Gasteiger partial charge in [0.05, 0.1) is 13.7 Å². The third kappa shape index (κ3) is 0.820. The Morgan fingerprint density at radius 3 is 0.650 bits per heavy atom. The molecular weight excluding hydrogens is 240 g/mol. The molecule has 0 fully saturated rings. The molecule has 0 heterocycles. The first-order valence-corrected chi connectivity index (χ1v) is 6.25. The highest BCUT2D eigenvalue weighted by Gasteiger charge is 2.18. The van der Waals surface area contributed by atoms with Gasteiger partial charge in [0.25, 0.3) is 0 Å². The van der Waals surface area contributed by atoms with Crippen LogP contribution in [0.3, 0.4) is 0 Å². The zero-order valence-corrected chi connectivity index (χ0v) is 10.0. The van der Waals surface area contributed by atoms with Gasteiger partial charge in [-0.2, -0.15) is 0 Å². The summed E-state index contributed by atoms with van der Waals surface area (Å²) in [5.74, 6) is 0. The van der Waals surface area contributed by atoms with Gasteiger partial charge in [0.2, 0.25) is 0 Å². The fraction of sp³-hybridized carbons (Fsp3) is 0. The van der Waals surface area contributed by atoms with Gasteiger partial charge < -0.3 is 0 Å². The van der Waals surface area contributed by atoms with Crippen molar-refractivity contribution in [3.8, 4) is 0 Å². The quantitative estimate of drug-likeness (QED) is 0.304. The fourth-order valence-electron chi connectivity index (χ4n) is 3.28. The first kappa shape index (κ1) is 4.46. The van der Waals surface area contributed by atoms with Gasteiger partial charge in [-0.25, -0.2) is 0 Å². The zero-order valence-electron chi connectivity index (χ0n) is 20.0. The van der Waals surface area contributed by atoms with Gasteiger partial charge in [-0.1, -0.05) is 60.4 Å². The van der Waals surface area contributed by atoms with E-state index in [1.807, 2.05) is 0 Å². The Morgan fingerprint density at radius 2 is 0.500 bits per heavy atom. The first-order chi connectivity index (χ1) is 14.1. The van der Waals surface area contributed by atoms with Crippen molar-refractivity contribution >= 4 is 53.9 Å². The van der Waals surface area contributed by atoms with Crippen LogP contribution in [0.1, 0.15) is 13.7 Å². The summed E-state index contributed by atoms with van der Waals surface area (Å²) in [6.45, 7) is 0. The molecule has 0 N–H and O–H groups in total. The molecule has 0 amide bonds. The van der Waals surface area contributed by atoms with Gasteiger partial charge in [-0.3, -0.25) is 0 Å². The molecule has 0 saturated carbocycles. The van der Waals surface area contributed by atoms with Gasteiger partial charge in [0.15, 0.2) is 0 Å². The minimum absolute atomic E-state index is 0.0520. The fourth-order valence-corrected chi connectivity index (χ4v) is 3.28. The minimum atomic E-state index is -0.329. The molecule has 0 bridgehead atoms. The molecule has 0 aliphatic rings.